The molecule has 8 heteroatoms. The zero-order valence-corrected chi connectivity index (χ0v) is 19.4. The quantitative estimate of drug-likeness (QED) is 0.361. The lowest BCUT2D eigenvalue weighted by Crippen LogP contribution is -2.56. The number of morpholine rings is 1. The summed E-state index contributed by atoms with van der Waals surface area (Å²) in [5.41, 5.74) is 6.78. The normalized spacial score (nSPS) is 21.3. The van der Waals surface area contributed by atoms with Gasteiger partial charge in [0.1, 0.15) is 0 Å². The second-order valence-corrected chi connectivity index (χ2v) is 7.37. The largest absolute Gasteiger partial charge is 0.493 e. The maximum Gasteiger partial charge on any atom is 0.193 e. The van der Waals surface area contributed by atoms with Gasteiger partial charge in [0.15, 0.2) is 17.5 Å². The van der Waals surface area contributed by atoms with Crippen LogP contribution in [0.5, 0.6) is 11.5 Å². The van der Waals surface area contributed by atoms with E-state index in [0.29, 0.717) is 24.0 Å². The predicted octanol–water partition coefficient (Wildman–Crippen LogP) is 2.94. The molecule has 1 aliphatic heterocycles. The second kappa shape index (κ2) is 10.3. The van der Waals surface area contributed by atoms with Crippen molar-refractivity contribution in [1.29, 1.82) is 0 Å². The van der Waals surface area contributed by atoms with Gasteiger partial charge in [0.05, 0.1) is 33.0 Å². The molecule has 7 nitrogen and oxygen atoms in total. The Kier molecular flexibility index (Phi) is 9.10. The van der Waals surface area contributed by atoms with Crippen LogP contribution in [0.25, 0.3) is 0 Å². The Bertz CT molecular complexity index is 629. The monoisotopic (exact) mass is 492 g/mol. The number of rotatable bonds is 6. The lowest BCUT2D eigenvalue weighted by molar-refractivity contribution is -0.0939. The van der Waals surface area contributed by atoms with Crippen molar-refractivity contribution in [3.8, 4) is 11.5 Å². The fourth-order valence-corrected chi connectivity index (χ4v) is 3.15. The van der Waals surface area contributed by atoms with E-state index < -0.39 is 0 Å². The van der Waals surface area contributed by atoms with Gasteiger partial charge < -0.3 is 25.3 Å². The fourth-order valence-electron chi connectivity index (χ4n) is 3.15. The summed E-state index contributed by atoms with van der Waals surface area (Å²) < 4.78 is 16.4. The van der Waals surface area contributed by atoms with E-state index in [4.69, 9.17) is 19.9 Å². The molecule has 3 N–H and O–H groups in total. The van der Waals surface area contributed by atoms with Crippen LogP contribution >= 0.6 is 24.0 Å². The number of nitrogens with zero attached hydrogens (tertiary/aromatic N) is 2. The van der Waals surface area contributed by atoms with E-state index in [9.17, 15) is 0 Å². The van der Waals surface area contributed by atoms with Gasteiger partial charge in [-0.15, -0.1) is 24.0 Å². The average molecular weight is 492 g/mol. The predicted molar refractivity (Wildman–Crippen MR) is 121 cm³/mol. The van der Waals surface area contributed by atoms with Crippen molar-refractivity contribution in [3.05, 3.63) is 18.2 Å². The summed E-state index contributed by atoms with van der Waals surface area (Å²) in [5, 5.41) is 3.11. The van der Waals surface area contributed by atoms with Crippen LogP contribution in [-0.2, 0) is 4.74 Å². The van der Waals surface area contributed by atoms with Crippen LogP contribution in [0.15, 0.2) is 23.2 Å². The summed E-state index contributed by atoms with van der Waals surface area (Å²) in [7, 11) is 3.21. The molecule has 1 saturated heterocycles. The SMILES string of the molecule is COc1ccc(NC(N)=NCC(C)(C)N2CC(C)OC(C)C2)cc1OC.I. The highest BCUT2D eigenvalue weighted by Gasteiger charge is 2.33. The van der Waals surface area contributed by atoms with E-state index in [2.05, 4.69) is 42.9 Å². The Morgan fingerprint density at radius 2 is 1.81 bits per heavy atom. The van der Waals surface area contributed by atoms with E-state index >= 15 is 0 Å². The summed E-state index contributed by atoms with van der Waals surface area (Å²) in [6.07, 6.45) is 0.452. The molecule has 1 heterocycles. The highest BCUT2D eigenvalue weighted by molar-refractivity contribution is 14.0. The number of hydrogen-bond acceptors (Lipinski definition) is 5. The second-order valence-electron chi connectivity index (χ2n) is 7.37. The fraction of sp³-hybridized carbons (Fsp3) is 0.632. The molecule has 2 atom stereocenters. The Labute approximate surface area is 179 Å². The number of methoxy groups -OCH3 is 2. The van der Waals surface area contributed by atoms with Crippen molar-refractivity contribution in [2.75, 3.05) is 39.2 Å². The number of halogens is 1. The molecule has 0 saturated carbocycles. The molecule has 1 aromatic rings. The van der Waals surface area contributed by atoms with Gasteiger partial charge in [-0.1, -0.05) is 0 Å². The maximum absolute atomic E-state index is 6.08. The van der Waals surface area contributed by atoms with Crippen molar-refractivity contribution in [1.82, 2.24) is 4.90 Å². The molecule has 0 amide bonds. The lowest BCUT2D eigenvalue weighted by atomic mass is 10.0. The van der Waals surface area contributed by atoms with E-state index in [0.717, 1.165) is 18.8 Å². The van der Waals surface area contributed by atoms with Gasteiger partial charge in [0, 0.05) is 30.4 Å². The smallest absolute Gasteiger partial charge is 0.193 e. The van der Waals surface area contributed by atoms with Crippen molar-refractivity contribution >= 4 is 35.6 Å². The van der Waals surface area contributed by atoms with E-state index in [1.165, 1.54) is 0 Å². The van der Waals surface area contributed by atoms with Crippen LogP contribution in [-0.4, -0.2) is 62.5 Å². The molecule has 0 spiro atoms. The van der Waals surface area contributed by atoms with Gasteiger partial charge in [-0.25, -0.2) is 0 Å². The minimum absolute atomic E-state index is 0. The number of nitrogens with two attached hydrogens (primary N) is 1. The number of aliphatic imine (C=N–C) groups is 1. The first-order valence-electron chi connectivity index (χ1n) is 8.94. The number of guanidine groups is 1. The van der Waals surface area contributed by atoms with Gasteiger partial charge in [-0.3, -0.25) is 9.89 Å². The summed E-state index contributed by atoms with van der Waals surface area (Å²) >= 11 is 0. The van der Waals surface area contributed by atoms with E-state index in [1.807, 2.05) is 18.2 Å². The van der Waals surface area contributed by atoms with Crippen LogP contribution < -0.4 is 20.5 Å². The van der Waals surface area contributed by atoms with Gasteiger partial charge >= 0.3 is 0 Å². The third kappa shape index (κ3) is 6.69. The molecule has 1 aliphatic rings. The number of anilines is 1. The van der Waals surface area contributed by atoms with E-state index in [-0.39, 0.29) is 41.7 Å². The molecule has 1 aromatic carbocycles. The Morgan fingerprint density at radius 3 is 2.37 bits per heavy atom. The minimum Gasteiger partial charge on any atom is -0.493 e. The summed E-state index contributed by atoms with van der Waals surface area (Å²) in [6.45, 7) is 11.0. The summed E-state index contributed by atoms with van der Waals surface area (Å²) in [6, 6.07) is 5.53. The number of nitrogens with one attached hydrogen (secondary N) is 1. The van der Waals surface area contributed by atoms with Crippen molar-refractivity contribution in [2.24, 2.45) is 10.7 Å². The highest BCUT2D eigenvalue weighted by atomic mass is 127. The van der Waals surface area contributed by atoms with Gasteiger partial charge in [0.25, 0.3) is 0 Å². The molecule has 154 valence electrons. The van der Waals surface area contributed by atoms with Gasteiger partial charge in [0.2, 0.25) is 0 Å². The zero-order chi connectivity index (χ0) is 19.3. The first-order chi connectivity index (χ1) is 12.2. The van der Waals surface area contributed by atoms with Gasteiger partial charge in [-0.2, -0.15) is 0 Å². The van der Waals surface area contributed by atoms with Crippen molar-refractivity contribution in [3.63, 3.8) is 0 Å². The molecule has 0 radical (unpaired) electrons. The molecule has 1 fully saturated rings. The van der Waals surface area contributed by atoms with Crippen LogP contribution in [0.2, 0.25) is 0 Å². The van der Waals surface area contributed by atoms with Crippen molar-refractivity contribution in [2.45, 2.75) is 45.4 Å². The third-order valence-corrected chi connectivity index (χ3v) is 4.57. The van der Waals surface area contributed by atoms with Crippen LogP contribution in [0.3, 0.4) is 0 Å². The van der Waals surface area contributed by atoms with E-state index in [1.54, 1.807) is 14.2 Å². The molecular weight excluding hydrogens is 459 g/mol. The molecule has 27 heavy (non-hydrogen) atoms. The standard InChI is InChI=1S/C19H32N4O3.HI/c1-13-10-23(11-14(2)26-13)19(3,4)12-21-18(20)22-15-7-8-16(24-5)17(9-15)25-6;/h7-9,13-14H,10-12H2,1-6H3,(H3,20,21,22);1H. The first kappa shape index (κ1) is 23.8. The topological polar surface area (TPSA) is 81.3 Å². The number of hydrogen-bond donors (Lipinski definition) is 2. The van der Waals surface area contributed by atoms with Gasteiger partial charge in [-0.05, 0) is 39.8 Å². The Morgan fingerprint density at radius 1 is 1.22 bits per heavy atom. The minimum atomic E-state index is -0.101. The van der Waals surface area contributed by atoms with Crippen LogP contribution in [0.1, 0.15) is 27.7 Å². The number of benzene rings is 1. The summed E-state index contributed by atoms with van der Waals surface area (Å²) in [5.74, 6) is 1.69. The molecule has 2 rings (SSSR count). The molecule has 0 aromatic heterocycles. The Hall–Kier alpha value is -1.26. The molecule has 2 unspecified atom stereocenters. The Balaban J connectivity index is 0.00000364. The van der Waals surface area contributed by atoms with Crippen LogP contribution in [0.4, 0.5) is 5.69 Å². The summed E-state index contributed by atoms with van der Waals surface area (Å²) in [4.78, 5) is 6.96. The zero-order valence-electron chi connectivity index (χ0n) is 17.1. The van der Waals surface area contributed by atoms with Crippen LogP contribution in [0, 0.1) is 0 Å². The molecular formula is C19H33IN4O3. The first-order valence-corrected chi connectivity index (χ1v) is 8.94. The number of ether oxygens (including phenoxy) is 3. The third-order valence-electron chi connectivity index (χ3n) is 4.57. The molecule has 0 bridgehead atoms. The maximum atomic E-state index is 6.08. The van der Waals surface area contributed by atoms with Crippen molar-refractivity contribution < 1.29 is 14.2 Å². The lowest BCUT2D eigenvalue weighted by Gasteiger charge is -2.44. The highest BCUT2D eigenvalue weighted by Crippen LogP contribution is 2.29. The molecule has 0 aliphatic carbocycles. The average Bonchev–Trinajstić information content (AvgIpc) is 2.59.